The third-order valence-electron chi connectivity index (χ3n) is 1.87. The van der Waals surface area contributed by atoms with Crippen molar-refractivity contribution < 1.29 is 14.3 Å². The molecule has 0 aromatic rings. The Kier molecular flexibility index (Phi) is 6.41. The Labute approximate surface area is 94.9 Å². The molecule has 15 heavy (non-hydrogen) atoms. The van der Waals surface area contributed by atoms with Gasteiger partial charge in [0.2, 0.25) is 0 Å². The summed E-state index contributed by atoms with van der Waals surface area (Å²) in [5, 5.41) is 0. The van der Waals surface area contributed by atoms with Gasteiger partial charge in [0.05, 0.1) is 39.9 Å². The highest BCUT2D eigenvalue weighted by Gasteiger charge is 2.11. The van der Waals surface area contributed by atoms with Gasteiger partial charge in [0.1, 0.15) is 0 Å². The summed E-state index contributed by atoms with van der Waals surface area (Å²) in [6, 6.07) is 0. The van der Waals surface area contributed by atoms with Gasteiger partial charge in [-0.3, -0.25) is 0 Å². The standard InChI is InChI=1S/C12H28NO2/c1-12(2,3)15-14-11-9-7-8-10-13(4,5)6/h7-11H2,1-6H3/q+1. The minimum Gasteiger partial charge on any atom is -0.331 e. The van der Waals surface area contributed by atoms with Crippen molar-refractivity contribution in [2.45, 2.75) is 45.6 Å². The van der Waals surface area contributed by atoms with Crippen LogP contribution in [-0.4, -0.2) is 44.4 Å². The summed E-state index contributed by atoms with van der Waals surface area (Å²) in [5.74, 6) is 0. The van der Waals surface area contributed by atoms with E-state index in [9.17, 15) is 0 Å². The van der Waals surface area contributed by atoms with Gasteiger partial charge in [-0.2, -0.15) is 0 Å². The van der Waals surface area contributed by atoms with Crippen LogP contribution in [0, 0.1) is 0 Å². The molecule has 0 aliphatic carbocycles. The maximum absolute atomic E-state index is 5.17. The number of rotatable bonds is 7. The number of hydrogen-bond donors (Lipinski definition) is 0. The average Bonchev–Trinajstić information content (AvgIpc) is 1.98. The third kappa shape index (κ3) is 13.9. The van der Waals surface area contributed by atoms with Crippen LogP contribution in [0.4, 0.5) is 0 Å². The second-order valence-corrected chi connectivity index (χ2v) is 6.09. The van der Waals surface area contributed by atoms with Crippen molar-refractivity contribution in [2.75, 3.05) is 34.3 Å². The molecule has 0 rings (SSSR count). The molecule has 3 heteroatoms. The fraction of sp³-hybridized carbons (Fsp3) is 1.00. The van der Waals surface area contributed by atoms with E-state index < -0.39 is 0 Å². The quantitative estimate of drug-likeness (QED) is 0.283. The molecule has 0 aromatic carbocycles. The minimum atomic E-state index is -0.192. The lowest BCUT2D eigenvalue weighted by Gasteiger charge is -2.23. The van der Waals surface area contributed by atoms with Crippen molar-refractivity contribution >= 4 is 0 Å². The van der Waals surface area contributed by atoms with Gasteiger partial charge in [0.25, 0.3) is 0 Å². The van der Waals surface area contributed by atoms with Gasteiger partial charge in [0.15, 0.2) is 0 Å². The van der Waals surface area contributed by atoms with Crippen LogP contribution in [0.5, 0.6) is 0 Å². The topological polar surface area (TPSA) is 18.5 Å². The molecule has 0 atom stereocenters. The number of quaternary nitrogens is 1. The van der Waals surface area contributed by atoms with Gasteiger partial charge in [0, 0.05) is 0 Å². The first-order chi connectivity index (χ1) is 6.71. The van der Waals surface area contributed by atoms with Crippen LogP contribution < -0.4 is 0 Å². The van der Waals surface area contributed by atoms with E-state index in [-0.39, 0.29) is 5.60 Å². The molecule has 0 bridgehead atoms. The third-order valence-corrected chi connectivity index (χ3v) is 1.87. The van der Waals surface area contributed by atoms with E-state index in [4.69, 9.17) is 9.78 Å². The predicted molar refractivity (Wildman–Crippen MR) is 63.5 cm³/mol. The maximum Gasteiger partial charge on any atom is 0.0952 e. The molecule has 3 nitrogen and oxygen atoms in total. The molecule has 0 unspecified atom stereocenters. The molecule has 0 radical (unpaired) electrons. The van der Waals surface area contributed by atoms with Crippen molar-refractivity contribution in [1.82, 2.24) is 0 Å². The lowest BCUT2D eigenvalue weighted by atomic mass is 10.2. The smallest absolute Gasteiger partial charge is 0.0952 e. The SMILES string of the molecule is CC(C)(C)OOCCCCC[N+](C)(C)C. The van der Waals surface area contributed by atoms with E-state index >= 15 is 0 Å². The van der Waals surface area contributed by atoms with E-state index in [1.54, 1.807) is 0 Å². The summed E-state index contributed by atoms with van der Waals surface area (Å²) in [5.41, 5.74) is -0.192. The van der Waals surface area contributed by atoms with Gasteiger partial charge in [-0.05, 0) is 40.0 Å². The fourth-order valence-electron chi connectivity index (χ4n) is 1.14. The van der Waals surface area contributed by atoms with Crippen molar-refractivity contribution in [1.29, 1.82) is 0 Å². The lowest BCUT2D eigenvalue weighted by molar-refractivity contribution is -0.870. The minimum absolute atomic E-state index is 0.192. The molecule has 0 heterocycles. The Hall–Kier alpha value is -0.120. The van der Waals surface area contributed by atoms with Crippen molar-refractivity contribution in [2.24, 2.45) is 0 Å². The lowest BCUT2D eigenvalue weighted by Crippen LogP contribution is -2.35. The molecule has 0 fully saturated rings. The Morgan fingerprint density at radius 2 is 1.53 bits per heavy atom. The van der Waals surface area contributed by atoms with Crippen molar-refractivity contribution in [3.05, 3.63) is 0 Å². The van der Waals surface area contributed by atoms with Crippen LogP contribution in [0.15, 0.2) is 0 Å². The molecule has 0 aliphatic rings. The molecule has 0 spiro atoms. The van der Waals surface area contributed by atoms with Crippen LogP contribution >= 0.6 is 0 Å². The van der Waals surface area contributed by atoms with E-state index in [0.717, 1.165) is 10.9 Å². The number of unbranched alkanes of at least 4 members (excludes halogenated alkanes) is 2. The van der Waals surface area contributed by atoms with Crippen LogP contribution in [0.25, 0.3) is 0 Å². The largest absolute Gasteiger partial charge is 0.331 e. The van der Waals surface area contributed by atoms with Gasteiger partial charge in [-0.15, -0.1) is 0 Å². The molecule has 0 saturated heterocycles. The average molecular weight is 218 g/mol. The van der Waals surface area contributed by atoms with Gasteiger partial charge in [-0.1, -0.05) is 0 Å². The van der Waals surface area contributed by atoms with Gasteiger partial charge < -0.3 is 4.48 Å². The molecule has 92 valence electrons. The normalized spacial score (nSPS) is 13.2. The van der Waals surface area contributed by atoms with Crippen LogP contribution in [0.3, 0.4) is 0 Å². The first kappa shape index (κ1) is 14.9. The van der Waals surface area contributed by atoms with Gasteiger partial charge in [-0.25, -0.2) is 9.78 Å². The summed E-state index contributed by atoms with van der Waals surface area (Å²) in [4.78, 5) is 10.3. The summed E-state index contributed by atoms with van der Waals surface area (Å²) >= 11 is 0. The Bertz CT molecular complexity index is 138. The summed E-state index contributed by atoms with van der Waals surface area (Å²) in [6.07, 6.45) is 3.54. The number of hydrogen-bond acceptors (Lipinski definition) is 2. The highest BCUT2D eigenvalue weighted by molar-refractivity contribution is 4.54. The van der Waals surface area contributed by atoms with Crippen molar-refractivity contribution in [3.8, 4) is 0 Å². The second-order valence-electron chi connectivity index (χ2n) is 6.09. The Morgan fingerprint density at radius 1 is 0.933 bits per heavy atom. The van der Waals surface area contributed by atoms with E-state index in [1.807, 2.05) is 20.8 Å². The molecule has 0 aliphatic heterocycles. The fourth-order valence-corrected chi connectivity index (χ4v) is 1.14. The molecular formula is C12H28NO2+. The van der Waals surface area contributed by atoms with Crippen LogP contribution in [0.2, 0.25) is 0 Å². The van der Waals surface area contributed by atoms with Crippen molar-refractivity contribution in [3.63, 3.8) is 0 Å². The van der Waals surface area contributed by atoms with E-state index in [2.05, 4.69) is 21.1 Å². The zero-order valence-electron chi connectivity index (χ0n) is 11.3. The Morgan fingerprint density at radius 3 is 2.00 bits per heavy atom. The summed E-state index contributed by atoms with van der Waals surface area (Å²) < 4.78 is 1.04. The van der Waals surface area contributed by atoms with E-state index in [0.29, 0.717) is 6.61 Å². The first-order valence-electron chi connectivity index (χ1n) is 5.82. The predicted octanol–water partition coefficient (Wildman–Crippen LogP) is 2.61. The highest BCUT2D eigenvalue weighted by atomic mass is 17.2. The van der Waals surface area contributed by atoms with Crippen LogP contribution in [-0.2, 0) is 9.78 Å². The Balaban J connectivity index is 3.20. The summed E-state index contributed by atoms with van der Waals surface area (Å²) in [6.45, 7) is 7.90. The molecular weight excluding hydrogens is 190 g/mol. The van der Waals surface area contributed by atoms with Gasteiger partial charge >= 0.3 is 0 Å². The van der Waals surface area contributed by atoms with Crippen LogP contribution in [0.1, 0.15) is 40.0 Å². The highest BCUT2D eigenvalue weighted by Crippen LogP contribution is 2.08. The molecule has 0 N–H and O–H groups in total. The maximum atomic E-state index is 5.17. The zero-order valence-corrected chi connectivity index (χ0v) is 11.3. The second kappa shape index (κ2) is 6.46. The monoisotopic (exact) mass is 218 g/mol. The molecule has 0 aromatic heterocycles. The number of nitrogens with zero attached hydrogens (tertiary/aromatic N) is 1. The first-order valence-corrected chi connectivity index (χ1v) is 5.82. The summed E-state index contributed by atoms with van der Waals surface area (Å²) in [7, 11) is 6.66. The zero-order chi connectivity index (χ0) is 11.9. The molecule has 0 saturated carbocycles. The van der Waals surface area contributed by atoms with E-state index in [1.165, 1.54) is 19.4 Å². The molecule has 0 amide bonds.